The van der Waals surface area contributed by atoms with Crippen molar-refractivity contribution < 1.29 is 40.7 Å². The number of benzene rings is 2. The van der Waals surface area contributed by atoms with Crippen LogP contribution in [0.25, 0.3) is 0 Å². The van der Waals surface area contributed by atoms with Crippen LogP contribution in [-0.2, 0) is 23.6 Å². The summed E-state index contributed by atoms with van der Waals surface area (Å²) in [6, 6.07) is 13.7. The fourth-order valence-electron chi connectivity index (χ4n) is 6.85. The van der Waals surface area contributed by atoms with Gasteiger partial charge in [-0.05, 0) is 73.9 Å². The van der Waals surface area contributed by atoms with Gasteiger partial charge in [0.2, 0.25) is 5.60 Å². The molecule has 47 heavy (non-hydrogen) atoms. The number of piperidine rings is 2. The van der Waals surface area contributed by atoms with Crippen LogP contribution in [0.15, 0.2) is 73.1 Å². The normalized spacial score (nSPS) is 21.0. The molecule has 3 heterocycles. The standard InChI is InChI=1S/C35H37F6N3O3/c1-2-7-30-33(47-27-12-10-26(11-13-27)34(36,37)38,32(46)43-20-15-25(16-21-43)22-24-8-4-3-5-9-24)17-6-19-44(30)31(45)28-23-42-18-14-29(28)35(39,40)41/h3-5,8-14,18,23,25,30H,2,6-7,15-17,19-22H2,1H3/t30-,33+/m1/s1. The van der Waals surface area contributed by atoms with Gasteiger partial charge in [0, 0.05) is 38.4 Å². The predicted molar refractivity (Wildman–Crippen MR) is 162 cm³/mol. The number of aromatic nitrogens is 1. The molecule has 0 unspecified atom stereocenters. The Hall–Kier alpha value is -4.09. The Labute approximate surface area is 269 Å². The Kier molecular flexibility index (Phi) is 10.2. The van der Waals surface area contributed by atoms with Gasteiger partial charge in [-0.15, -0.1) is 0 Å². The maximum Gasteiger partial charge on any atom is 0.417 e. The summed E-state index contributed by atoms with van der Waals surface area (Å²) in [6.07, 6.45) is -4.28. The number of carbonyl (C=O) groups is 2. The maximum absolute atomic E-state index is 14.7. The third-order valence-electron chi connectivity index (χ3n) is 9.15. The van der Waals surface area contributed by atoms with Crippen molar-refractivity contribution in [3.8, 4) is 5.75 Å². The molecule has 2 amide bonds. The maximum atomic E-state index is 14.7. The second-order valence-corrected chi connectivity index (χ2v) is 12.3. The van der Waals surface area contributed by atoms with Gasteiger partial charge in [-0.3, -0.25) is 14.6 Å². The number of halogens is 6. The van der Waals surface area contributed by atoms with Gasteiger partial charge in [-0.25, -0.2) is 0 Å². The number of likely N-dealkylation sites (tertiary alicyclic amines) is 2. The summed E-state index contributed by atoms with van der Waals surface area (Å²) < 4.78 is 88.3. The van der Waals surface area contributed by atoms with Gasteiger partial charge in [0.1, 0.15) is 5.75 Å². The molecule has 2 fully saturated rings. The van der Waals surface area contributed by atoms with Crippen molar-refractivity contribution in [3.05, 3.63) is 95.3 Å². The minimum Gasteiger partial charge on any atom is -0.475 e. The molecule has 0 radical (unpaired) electrons. The number of alkyl halides is 6. The molecule has 12 heteroatoms. The predicted octanol–water partition coefficient (Wildman–Crippen LogP) is 7.82. The number of hydrogen-bond acceptors (Lipinski definition) is 4. The highest BCUT2D eigenvalue weighted by Crippen LogP contribution is 2.41. The molecule has 0 aliphatic carbocycles. The monoisotopic (exact) mass is 661 g/mol. The molecule has 0 spiro atoms. The smallest absolute Gasteiger partial charge is 0.417 e. The van der Waals surface area contributed by atoms with Crippen molar-refractivity contribution in [2.75, 3.05) is 19.6 Å². The molecule has 1 aromatic heterocycles. The molecule has 0 saturated carbocycles. The third kappa shape index (κ3) is 7.57. The highest BCUT2D eigenvalue weighted by Gasteiger charge is 2.56. The minimum absolute atomic E-state index is 0.00178. The molecule has 2 saturated heterocycles. The summed E-state index contributed by atoms with van der Waals surface area (Å²) in [5.74, 6) is -1.03. The van der Waals surface area contributed by atoms with Gasteiger partial charge >= 0.3 is 12.4 Å². The van der Waals surface area contributed by atoms with Gasteiger partial charge in [0.05, 0.1) is 22.7 Å². The molecular weight excluding hydrogens is 624 g/mol. The fourth-order valence-corrected chi connectivity index (χ4v) is 6.85. The molecular formula is C35H37F6N3O3. The van der Waals surface area contributed by atoms with Crippen LogP contribution in [-0.4, -0.2) is 57.9 Å². The highest BCUT2D eigenvalue weighted by molar-refractivity contribution is 5.97. The number of ether oxygens (including phenoxy) is 1. The zero-order valence-electron chi connectivity index (χ0n) is 26.0. The average molecular weight is 662 g/mol. The second-order valence-electron chi connectivity index (χ2n) is 12.3. The van der Waals surface area contributed by atoms with Crippen LogP contribution >= 0.6 is 0 Å². The van der Waals surface area contributed by atoms with Crippen molar-refractivity contribution in [2.24, 2.45) is 5.92 Å². The van der Waals surface area contributed by atoms with E-state index in [0.717, 1.165) is 49.1 Å². The quantitative estimate of drug-likeness (QED) is 0.231. The Morgan fingerprint density at radius 2 is 1.60 bits per heavy atom. The molecule has 252 valence electrons. The minimum atomic E-state index is -4.82. The van der Waals surface area contributed by atoms with Crippen molar-refractivity contribution in [2.45, 2.75) is 75.9 Å². The number of hydrogen-bond donors (Lipinski definition) is 0. The van der Waals surface area contributed by atoms with E-state index < -0.39 is 52.5 Å². The summed E-state index contributed by atoms with van der Waals surface area (Å²) in [6.45, 7) is 2.70. The lowest BCUT2D eigenvalue weighted by molar-refractivity contribution is -0.160. The summed E-state index contributed by atoms with van der Waals surface area (Å²) in [4.78, 5) is 35.3. The number of pyridine rings is 1. The van der Waals surface area contributed by atoms with Crippen LogP contribution in [0.5, 0.6) is 5.75 Å². The Balaban J connectivity index is 1.49. The third-order valence-corrected chi connectivity index (χ3v) is 9.15. The molecule has 6 nitrogen and oxygen atoms in total. The van der Waals surface area contributed by atoms with Crippen molar-refractivity contribution in [1.82, 2.24) is 14.8 Å². The van der Waals surface area contributed by atoms with Gasteiger partial charge in [-0.1, -0.05) is 43.7 Å². The van der Waals surface area contributed by atoms with E-state index in [9.17, 15) is 35.9 Å². The first-order chi connectivity index (χ1) is 22.3. The highest BCUT2D eigenvalue weighted by atomic mass is 19.4. The van der Waals surface area contributed by atoms with Crippen LogP contribution in [0, 0.1) is 5.92 Å². The zero-order valence-corrected chi connectivity index (χ0v) is 26.0. The fraction of sp³-hybridized carbons (Fsp3) is 0.457. The van der Waals surface area contributed by atoms with Crippen LogP contribution in [0.2, 0.25) is 0 Å². The topological polar surface area (TPSA) is 62.7 Å². The first-order valence-electron chi connectivity index (χ1n) is 15.8. The number of nitrogens with zero attached hydrogens (tertiary/aromatic N) is 3. The summed E-state index contributed by atoms with van der Waals surface area (Å²) in [7, 11) is 0. The Morgan fingerprint density at radius 1 is 0.915 bits per heavy atom. The number of rotatable bonds is 8. The molecule has 2 aliphatic rings. The lowest BCUT2D eigenvalue weighted by atomic mass is 9.79. The molecule has 2 atom stereocenters. The lowest BCUT2D eigenvalue weighted by Gasteiger charge is -2.50. The van der Waals surface area contributed by atoms with E-state index in [1.807, 2.05) is 25.1 Å². The van der Waals surface area contributed by atoms with Crippen LogP contribution < -0.4 is 4.74 Å². The van der Waals surface area contributed by atoms with E-state index in [4.69, 9.17) is 4.74 Å². The van der Waals surface area contributed by atoms with Crippen LogP contribution in [0.4, 0.5) is 26.3 Å². The van der Waals surface area contributed by atoms with E-state index in [1.165, 1.54) is 10.5 Å². The van der Waals surface area contributed by atoms with Crippen LogP contribution in [0.3, 0.4) is 0 Å². The SMILES string of the molecule is CCC[C@H]1N(C(=O)c2cnccc2C(F)(F)F)CCC[C@@]1(Oc1ccc(C(F)(F)F)cc1)C(=O)N1CCC(Cc2ccccc2)CC1. The van der Waals surface area contributed by atoms with Gasteiger partial charge in [0.15, 0.2) is 0 Å². The van der Waals surface area contributed by atoms with Gasteiger partial charge < -0.3 is 14.5 Å². The number of amides is 2. The molecule has 2 aromatic carbocycles. The second kappa shape index (κ2) is 13.9. The summed E-state index contributed by atoms with van der Waals surface area (Å²) >= 11 is 0. The largest absolute Gasteiger partial charge is 0.475 e. The van der Waals surface area contributed by atoms with Crippen molar-refractivity contribution in [3.63, 3.8) is 0 Å². The van der Waals surface area contributed by atoms with E-state index >= 15 is 0 Å². The first-order valence-corrected chi connectivity index (χ1v) is 15.8. The first kappa shape index (κ1) is 34.3. The summed E-state index contributed by atoms with van der Waals surface area (Å²) in [5.41, 5.74) is -3.22. The Morgan fingerprint density at radius 3 is 2.21 bits per heavy atom. The van der Waals surface area contributed by atoms with Gasteiger partial charge in [-0.2, -0.15) is 26.3 Å². The van der Waals surface area contributed by atoms with Crippen LogP contribution in [0.1, 0.15) is 72.5 Å². The molecule has 0 N–H and O–H groups in total. The summed E-state index contributed by atoms with van der Waals surface area (Å²) in [5, 5.41) is 0. The number of carbonyl (C=O) groups excluding carboxylic acids is 2. The van der Waals surface area contributed by atoms with Crippen molar-refractivity contribution >= 4 is 11.8 Å². The zero-order chi connectivity index (χ0) is 33.8. The van der Waals surface area contributed by atoms with Gasteiger partial charge in [0.25, 0.3) is 11.8 Å². The molecule has 3 aromatic rings. The van der Waals surface area contributed by atoms with Crippen molar-refractivity contribution in [1.29, 1.82) is 0 Å². The van der Waals surface area contributed by atoms with E-state index in [-0.39, 0.29) is 31.6 Å². The Bertz CT molecular complexity index is 1520. The lowest BCUT2D eigenvalue weighted by Crippen LogP contribution is -2.68. The average Bonchev–Trinajstić information content (AvgIpc) is 3.05. The van der Waals surface area contributed by atoms with E-state index in [0.29, 0.717) is 38.3 Å². The molecule has 2 aliphatic heterocycles. The molecule has 5 rings (SSSR count). The molecule has 0 bridgehead atoms. The van der Waals surface area contributed by atoms with E-state index in [1.54, 1.807) is 4.90 Å². The van der Waals surface area contributed by atoms with E-state index in [2.05, 4.69) is 17.1 Å².